The first kappa shape index (κ1) is 12.6. The molecule has 0 aliphatic heterocycles. The van der Waals surface area contributed by atoms with Crippen molar-refractivity contribution >= 4 is 17.4 Å². The molecule has 3 N–H and O–H groups in total. The van der Waals surface area contributed by atoms with Crippen molar-refractivity contribution in [1.29, 1.82) is 0 Å². The maximum absolute atomic E-state index is 10.2. The Morgan fingerprint density at radius 2 is 2.17 bits per heavy atom. The van der Waals surface area contributed by atoms with Crippen LogP contribution in [0.2, 0.25) is 5.02 Å². The van der Waals surface area contributed by atoms with Gasteiger partial charge in [0, 0.05) is 29.3 Å². The van der Waals surface area contributed by atoms with Crippen LogP contribution in [-0.4, -0.2) is 22.0 Å². The van der Waals surface area contributed by atoms with Gasteiger partial charge in [0.2, 0.25) is 0 Å². The van der Waals surface area contributed by atoms with E-state index in [-0.39, 0.29) is 5.75 Å². The zero-order valence-electron chi connectivity index (χ0n) is 10.4. The fourth-order valence-corrected chi connectivity index (χ4v) is 2.03. The van der Waals surface area contributed by atoms with E-state index in [9.17, 15) is 5.11 Å². The minimum atomic E-state index is 0.0131. The van der Waals surface area contributed by atoms with Crippen LogP contribution in [0.25, 0.3) is 11.1 Å². The summed E-state index contributed by atoms with van der Waals surface area (Å²) in [5.41, 5.74) is 7.83. The smallest absolute Gasteiger partial charge is 0.166 e. The Labute approximate surface area is 110 Å². The molecule has 1 heterocycles. The average Bonchev–Trinajstić information content (AvgIpc) is 2.66. The van der Waals surface area contributed by atoms with Crippen molar-refractivity contribution < 1.29 is 9.84 Å². The highest BCUT2D eigenvalue weighted by Gasteiger charge is 2.20. The number of hydrogen-bond donors (Lipinski definition) is 2. The van der Waals surface area contributed by atoms with Gasteiger partial charge in [-0.05, 0) is 12.5 Å². The predicted molar refractivity (Wildman–Crippen MR) is 71.0 cm³/mol. The number of ether oxygens (including phenoxy) is 1. The third kappa shape index (κ3) is 1.76. The summed E-state index contributed by atoms with van der Waals surface area (Å²) < 4.78 is 6.62. The number of aromatic nitrogens is 2. The van der Waals surface area contributed by atoms with Crippen molar-refractivity contribution in [3.63, 3.8) is 0 Å². The number of nitrogens with zero attached hydrogens (tertiary/aromatic N) is 2. The molecule has 0 spiro atoms. The third-order valence-corrected chi connectivity index (χ3v) is 3.33. The monoisotopic (exact) mass is 267 g/mol. The van der Waals surface area contributed by atoms with E-state index in [0.29, 0.717) is 27.7 Å². The first-order chi connectivity index (χ1) is 8.47. The molecule has 0 amide bonds. The van der Waals surface area contributed by atoms with E-state index in [1.54, 1.807) is 19.3 Å². The Morgan fingerprint density at radius 3 is 2.67 bits per heavy atom. The summed E-state index contributed by atoms with van der Waals surface area (Å²) in [4.78, 5) is 0. The molecule has 0 aliphatic rings. The average molecular weight is 268 g/mol. The molecule has 0 saturated heterocycles. The molecule has 2 aromatic rings. The van der Waals surface area contributed by atoms with Gasteiger partial charge in [-0.15, -0.1) is 0 Å². The number of nitrogens with two attached hydrogens (primary N) is 1. The SMILES string of the molecule is COc1cc(Cl)c(C)c(-c2cnn(C)c2N)c1O. The van der Waals surface area contributed by atoms with Gasteiger partial charge < -0.3 is 15.6 Å². The molecule has 96 valence electrons. The second-order valence-electron chi connectivity index (χ2n) is 3.98. The number of benzene rings is 1. The second kappa shape index (κ2) is 4.42. The summed E-state index contributed by atoms with van der Waals surface area (Å²) in [6.45, 7) is 1.81. The molecule has 0 bridgehead atoms. The summed E-state index contributed by atoms with van der Waals surface area (Å²) in [6, 6.07) is 1.57. The maximum atomic E-state index is 10.2. The number of nitrogen functional groups attached to an aromatic ring is 1. The number of aryl methyl sites for hydroxylation is 1. The van der Waals surface area contributed by atoms with E-state index in [1.807, 2.05) is 6.92 Å². The predicted octanol–water partition coefficient (Wildman–Crippen LogP) is 2.35. The standard InChI is InChI=1S/C12H14ClN3O2/c1-6-8(13)4-9(18-3)11(17)10(6)7-5-15-16(2)12(7)14/h4-5,17H,14H2,1-3H3. The Bertz CT molecular complexity index is 608. The molecule has 1 aromatic heterocycles. The van der Waals surface area contributed by atoms with Gasteiger partial charge >= 0.3 is 0 Å². The lowest BCUT2D eigenvalue weighted by Gasteiger charge is -2.13. The lowest BCUT2D eigenvalue weighted by molar-refractivity contribution is 0.374. The highest BCUT2D eigenvalue weighted by atomic mass is 35.5. The van der Waals surface area contributed by atoms with Crippen molar-refractivity contribution in [1.82, 2.24) is 9.78 Å². The van der Waals surface area contributed by atoms with Gasteiger partial charge in [-0.3, -0.25) is 4.68 Å². The van der Waals surface area contributed by atoms with Crippen LogP contribution < -0.4 is 10.5 Å². The van der Waals surface area contributed by atoms with E-state index in [0.717, 1.165) is 5.56 Å². The van der Waals surface area contributed by atoms with Crippen molar-refractivity contribution in [2.24, 2.45) is 7.05 Å². The highest BCUT2D eigenvalue weighted by Crippen LogP contribution is 2.44. The van der Waals surface area contributed by atoms with E-state index < -0.39 is 0 Å². The molecule has 0 aliphatic carbocycles. The van der Waals surface area contributed by atoms with Crippen LogP contribution in [0.3, 0.4) is 0 Å². The first-order valence-corrected chi connectivity index (χ1v) is 5.69. The summed E-state index contributed by atoms with van der Waals surface area (Å²) in [7, 11) is 3.20. The molecule has 2 rings (SSSR count). The molecule has 0 atom stereocenters. The van der Waals surface area contributed by atoms with Crippen LogP contribution in [-0.2, 0) is 7.05 Å². The number of hydrogen-bond acceptors (Lipinski definition) is 4. The second-order valence-corrected chi connectivity index (χ2v) is 4.38. The van der Waals surface area contributed by atoms with Crippen LogP contribution in [0, 0.1) is 6.92 Å². The van der Waals surface area contributed by atoms with Gasteiger partial charge in [-0.2, -0.15) is 5.10 Å². The lowest BCUT2D eigenvalue weighted by Crippen LogP contribution is -1.99. The maximum Gasteiger partial charge on any atom is 0.166 e. The van der Waals surface area contributed by atoms with Crippen molar-refractivity contribution in [3.8, 4) is 22.6 Å². The topological polar surface area (TPSA) is 73.3 Å². The fraction of sp³-hybridized carbons (Fsp3) is 0.250. The molecule has 0 fully saturated rings. The van der Waals surface area contributed by atoms with E-state index in [2.05, 4.69) is 5.10 Å². The first-order valence-electron chi connectivity index (χ1n) is 5.31. The van der Waals surface area contributed by atoms with Crippen LogP contribution >= 0.6 is 11.6 Å². The van der Waals surface area contributed by atoms with Crippen LogP contribution in [0.15, 0.2) is 12.3 Å². The van der Waals surface area contributed by atoms with E-state index in [4.69, 9.17) is 22.1 Å². The normalized spacial score (nSPS) is 10.7. The van der Waals surface area contributed by atoms with Crippen LogP contribution in [0.1, 0.15) is 5.56 Å². The lowest BCUT2D eigenvalue weighted by atomic mass is 10.0. The van der Waals surface area contributed by atoms with Crippen LogP contribution in [0.4, 0.5) is 5.82 Å². The third-order valence-electron chi connectivity index (χ3n) is 2.94. The fourth-order valence-electron chi connectivity index (χ4n) is 1.84. The van der Waals surface area contributed by atoms with Gasteiger partial charge in [0.25, 0.3) is 0 Å². The summed E-state index contributed by atoms with van der Waals surface area (Å²) in [5, 5.41) is 14.8. The number of halogens is 1. The van der Waals surface area contributed by atoms with Gasteiger partial charge in [0.1, 0.15) is 5.82 Å². The minimum absolute atomic E-state index is 0.0131. The largest absolute Gasteiger partial charge is 0.504 e. The van der Waals surface area contributed by atoms with Crippen molar-refractivity contribution in [2.45, 2.75) is 6.92 Å². The molecule has 6 heteroatoms. The van der Waals surface area contributed by atoms with E-state index in [1.165, 1.54) is 11.8 Å². The van der Waals surface area contributed by atoms with E-state index >= 15 is 0 Å². The minimum Gasteiger partial charge on any atom is -0.504 e. The van der Waals surface area contributed by atoms with Gasteiger partial charge in [0.15, 0.2) is 11.5 Å². The van der Waals surface area contributed by atoms with Gasteiger partial charge in [-0.25, -0.2) is 0 Å². The number of methoxy groups -OCH3 is 1. The molecule has 0 radical (unpaired) electrons. The summed E-state index contributed by atoms with van der Waals surface area (Å²) in [6.07, 6.45) is 1.59. The Balaban J connectivity index is 2.78. The Kier molecular flexibility index (Phi) is 3.09. The summed E-state index contributed by atoms with van der Waals surface area (Å²) >= 11 is 6.12. The Morgan fingerprint density at radius 1 is 1.50 bits per heavy atom. The number of rotatable bonds is 2. The molecule has 0 saturated carbocycles. The molecular formula is C12H14ClN3O2. The van der Waals surface area contributed by atoms with Crippen molar-refractivity contribution in [2.75, 3.05) is 12.8 Å². The summed E-state index contributed by atoms with van der Waals surface area (Å²) in [5.74, 6) is 0.778. The highest BCUT2D eigenvalue weighted by molar-refractivity contribution is 6.32. The number of aromatic hydroxyl groups is 1. The van der Waals surface area contributed by atoms with Crippen molar-refractivity contribution in [3.05, 3.63) is 22.8 Å². The number of anilines is 1. The Hall–Kier alpha value is -1.88. The molecule has 5 nitrogen and oxygen atoms in total. The number of phenolic OH excluding ortho intramolecular Hbond substituents is 1. The van der Waals surface area contributed by atoms with Crippen LogP contribution in [0.5, 0.6) is 11.5 Å². The molecule has 0 unspecified atom stereocenters. The molecule has 18 heavy (non-hydrogen) atoms. The zero-order valence-corrected chi connectivity index (χ0v) is 11.1. The molecular weight excluding hydrogens is 254 g/mol. The van der Waals surface area contributed by atoms with Gasteiger partial charge in [-0.1, -0.05) is 11.6 Å². The quantitative estimate of drug-likeness (QED) is 0.876. The molecule has 1 aromatic carbocycles. The zero-order chi connectivity index (χ0) is 13.4. The van der Waals surface area contributed by atoms with Gasteiger partial charge in [0.05, 0.1) is 13.3 Å². The number of phenols is 1.